The zero-order chi connectivity index (χ0) is 18.7. The Hall–Kier alpha value is -1.70. The normalized spacial score (nSPS) is 24.1. The number of rotatable bonds is 6. The van der Waals surface area contributed by atoms with Gasteiger partial charge in [0, 0.05) is 11.7 Å². The second-order valence-electron chi connectivity index (χ2n) is 7.42. The number of hydrogen-bond donors (Lipinski definition) is 1. The summed E-state index contributed by atoms with van der Waals surface area (Å²) in [4.78, 5) is 14.5. The Bertz CT molecular complexity index is 680. The van der Waals surface area contributed by atoms with Crippen molar-refractivity contribution in [3.8, 4) is 0 Å². The lowest BCUT2D eigenvalue weighted by Crippen LogP contribution is -2.40. The summed E-state index contributed by atoms with van der Waals surface area (Å²) < 4.78 is 0. The lowest BCUT2D eigenvalue weighted by molar-refractivity contribution is -0.143. The molecule has 0 amide bonds. The standard InChI is InChI=1S/C22H28NO2P/c1-16(23(2)3)19-14-15-20(21(19)22(24)25)26(17-10-6-4-7-11-17)18-12-8-5-9-13-18/h4-13,16,19-21H,14-15H2,1-3H3,(H,24,25)/t16-,19?,20?,21?/m1/s1. The molecule has 1 saturated carbocycles. The maximum Gasteiger partial charge on any atom is 0.307 e. The molecule has 2 aromatic rings. The number of benzene rings is 2. The smallest absolute Gasteiger partial charge is 0.307 e. The van der Waals surface area contributed by atoms with Gasteiger partial charge >= 0.3 is 5.97 Å². The van der Waals surface area contributed by atoms with Crippen LogP contribution in [-0.2, 0) is 4.79 Å². The average molecular weight is 369 g/mol. The summed E-state index contributed by atoms with van der Waals surface area (Å²) in [6.45, 7) is 2.16. The van der Waals surface area contributed by atoms with Crippen LogP contribution < -0.4 is 10.6 Å². The van der Waals surface area contributed by atoms with Crippen LogP contribution in [0.25, 0.3) is 0 Å². The van der Waals surface area contributed by atoms with Gasteiger partial charge in [0.1, 0.15) is 0 Å². The lowest BCUT2D eigenvalue weighted by Gasteiger charge is -2.33. The molecule has 4 heteroatoms. The molecule has 0 saturated heterocycles. The molecule has 3 unspecified atom stereocenters. The second kappa shape index (κ2) is 8.33. The summed E-state index contributed by atoms with van der Waals surface area (Å²) in [6.07, 6.45) is 1.97. The van der Waals surface area contributed by atoms with Crippen LogP contribution >= 0.6 is 7.92 Å². The number of carboxylic acid groups (broad SMARTS) is 1. The van der Waals surface area contributed by atoms with Crippen molar-refractivity contribution in [1.82, 2.24) is 4.90 Å². The largest absolute Gasteiger partial charge is 0.481 e. The molecule has 0 radical (unpaired) electrons. The molecule has 3 nitrogen and oxygen atoms in total. The van der Waals surface area contributed by atoms with Crippen molar-refractivity contribution in [2.75, 3.05) is 14.1 Å². The summed E-state index contributed by atoms with van der Waals surface area (Å²) in [5, 5.41) is 12.7. The zero-order valence-electron chi connectivity index (χ0n) is 15.7. The van der Waals surface area contributed by atoms with E-state index in [0.29, 0.717) is 0 Å². The molecule has 0 spiro atoms. The number of hydrogen-bond acceptors (Lipinski definition) is 2. The highest BCUT2D eigenvalue weighted by Crippen LogP contribution is 2.53. The molecule has 1 N–H and O–H groups in total. The first-order chi connectivity index (χ1) is 12.5. The van der Waals surface area contributed by atoms with Gasteiger partial charge < -0.3 is 10.0 Å². The molecule has 1 aliphatic rings. The summed E-state index contributed by atoms with van der Waals surface area (Å²) >= 11 is 0. The Kier molecular flexibility index (Phi) is 6.11. The van der Waals surface area contributed by atoms with Crippen LogP contribution in [0, 0.1) is 11.8 Å². The van der Waals surface area contributed by atoms with Crippen LogP contribution in [0.3, 0.4) is 0 Å². The first kappa shape index (κ1) is 19.1. The van der Waals surface area contributed by atoms with E-state index in [-0.39, 0.29) is 23.5 Å². The fraction of sp³-hybridized carbons (Fsp3) is 0.409. The number of carboxylic acids is 1. The highest BCUT2D eigenvalue weighted by atomic mass is 31.1. The Morgan fingerprint density at radius 3 is 1.92 bits per heavy atom. The Morgan fingerprint density at radius 2 is 1.50 bits per heavy atom. The van der Waals surface area contributed by atoms with Crippen molar-refractivity contribution < 1.29 is 9.90 Å². The van der Waals surface area contributed by atoms with Gasteiger partial charge in [0.25, 0.3) is 0 Å². The van der Waals surface area contributed by atoms with Crippen LogP contribution in [-0.4, -0.2) is 41.8 Å². The van der Waals surface area contributed by atoms with Gasteiger partial charge in [0.05, 0.1) is 5.92 Å². The van der Waals surface area contributed by atoms with E-state index in [9.17, 15) is 9.90 Å². The van der Waals surface area contributed by atoms with Crippen LogP contribution in [0.2, 0.25) is 0 Å². The van der Waals surface area contributed by atoms with Gasteiger partial charge in [-0.2, -0.15) is 0 Å². The predicted octanol–water partition coefficient (Wildman–Crippen LogP) is 3.55. The zero-order valence-corrected chi connectivity index (χ0v) is 16.6. The van der Waals surface area contributed by atoms with Crippen LogP contribution in [0.1, 0.15) is 19.8 Å². The molecule has 2 aromatic carbocycles. The third-order valence-corrected chi connectivity index (χ3v) is 8.74. The van der Waals surface area contributed by atoms with Gasteiger partial charge in [-0.25, -0.2) is 0 Å². The van der Waals surface area contributed by atoms with Gasteiger partial charge in [-0.05, 0) is 58.3 Å². The Morgan fingerprint density at radius 1 is 1.00 bits per heavy atom. The minimum atomic E-state index is -0.694. The van der Waals surface area contributed by atoms with Crippen molar-refractivity contribution in [3.05, 3.63) is 60.7 Å². The Labute approximate surface area is 157 Å². The van der Waals surface area contributed by atoms with Gasteiger partial charge in [-0.1, -0.05) is 60.7 Å². The minimum absolute atomic E-state index is 0.180. The van der Waals surface area contributed by atoms with Gasteiger partial charge in [0.15, 0.2) is 0 Å². The third-order valence-electron chi connectivity index (χ3n) is 5.79. The summed E-state index contributed by atoms with van der Waals surface area (Å²) in [6, 6.07) is 21.3. The summed E-state index contributed by atoms with van der Waals surface area (Å²) in [5.74, 6) is -0.727. The minimum Gasteiger partial charge on any atom is -0.481 e. The highest BCUT2D eigenvalue weighted by molar-refractivity contribution is 7.73. The topological polar surface area (TPSA) is 40.5 Å². The molecule has 138 valence electrons. The van der Waals surface area contributed by atoms with E-state index < -0.39 is 13.9 Å². The fourth-order valence-corrected chi connectivity index (χ4v) is 7.41. The first-order valence-electron chi connectivity index (χ1n) is 9.29. The van der Waals surface area contributed by atoms with E-state index in [1.165, 1.54) is 10.6 Å². The van der Waals surface area contributed by atoms with Crippen LogP contribution in [0.4, 0.5) is 0 Å². The average Bonchev–Trinajstić information content (AvgIpc) is 3.08. The summed E-state index contributed by atoms with van der Waals surface area (Å²) in [5.41, 5.74) is 0.180. The van der Waals surface area contributed by atoms with Crippen molar-refractivity contribution in [1.29, 1.82) is 0 Å². The molecule has 3 rings (SSSR count). The molecule has 1 fully saturated rings. The van der Waals surface area contributed by atoms with Gasteiger partial charge in [0.2, 0.25) is 0 Å². The SMILES string of the molecule is C[C@H](C1CCC(P(c2ccccc2)c2ccccc2)C1C(=O)O)N(C)C. The van der Waals surface area contributed by atoms with E-state index in [1.807, 2.05) is 26.2 Å². The number of carbonyl (C=O) groups is 1. The van der Waals surface area contributed by atoms with Gasteiger partial charge in [-0.3, -0.25) is 4.79 Å². The lowest BCUT2D eigenvalue weighted by atomic mass is 9.89. The maximum absolute atomic E-state index is 12.3. The van der Waals surface area contributed by atoms with E-state index in [0.717, 1.165) is 12.8 Å². The highest BCUT2D eigenvalue weighted by Gasteiger charge is 2.47. The molecule has 0 aliphatic heterocycles. The van der Waals surface area contributed by atoms with E-state index >= 15 is 0 Å². The molecule has 0 bridgehead atoms. The quantitative estimate of drug-likeness (QED) is 0.792. The van der Waals surface area contributed by atoms with Crippen LogP contribution in [0.15, 0.2) is 60.7 Å². The number of nitrogens with zero attached hydrogens (tertiary/aromatic N) is 1. The maximum atomic E-state index is 12.3. The van der Waals surface area contributed by atoms with Crippen molar-refractivity contribution >= 4 is 24.5 Å². The number of aliphatic carboxylic acids is 1. The molecule has 0 aromatic heterocycles. The van der Waals surface area contributed by atoms with Crippen molar-refractivity contribution in [3.63, 3.8) is 0 Å². The van der Waals surface area contributed by atoms with Crippen molar-refractivity contribution in [2.24, 2.45) is 11.8 Å². The predicted molar refractivity (Wildman–Crippen MR) is 110 cm³/mol. The second-order valence-corrected chi connectivity index (χ2v) is 9.85. The molecule has 0 heterocycles. The molecular formula is C22H28NO2P. The van der Waals surface area contributed by atoms with Gasteiger partial charge in [-0.15, -0.1) is 0 Å². The third kappa shape index (κ3) is 3.84. The molecule has 1 aliphatic carbocycles. The Balaban J connectivity index is 2.02. The molecule has 4 atom stereocenters. The molecular weight excluding hydrogens is 341 g/mol. The van der Waals surface area contributed by atoms with E-state index in [2.05, 4.69) is 60.4 Å². The molecule has 26 heavy (non-hydrogen) atoms. The first-order valence-corrected chi connectivity index (χ1v) is 10.7. The van der Waals surface area contributed by atoms with E-state index in [4.69, 9.17) is 0 Å². The van der Waals surface area contributed by atoms with Crippen LogP contribution in [0.5, 0.6) is 0 Å². The summed E-state index contributed by atoms with van der Waals surface area (Å²) in [7, 11) is 3.41. The fourth-order valence-electron chi connectivity index (χ4n) is 4.28. The van der Waals surface area contributed by atoms with E-state index in [1.54, 1.807) is 0 Å². The monoisotopic (exact) mass is 369 g/mol. The van der Waals surface area contributed by atoms with Crippen molar-refractivity contribution in [2.45, 2.75) is 31.5 Å².